The maximum Gasteiger partial charge on any atom is 0.373 e. The fourth-order valence-corrected chi connectivity index (χ4v) is 2.51. The van der Waals surface area contributed by atoms with Crippen LogP contribution in [-0.2, 0) is 4.74 Å². The van der Waals surface area contributed by atoms with E-state index < -0.39 is 5.97 Å². The van der Waals surface area contributed by atoms with Crippen LogP contribution in [-0.4, -0.2) is 25.9 Å². The second-order valence-electron chi connectivity index (χ2n) is 4.46. The normalized spacial score (nSPS) is 12.1. The summed E-state index contributed by atoms with van der Waals surface area (Å²) < 4.78 is 10.3. The monoisotopic (exact) mass is 305 g/mol. The zero-order valence-electron chi connectivity index (χ0n) is 12.4. The summed E-state index contributed by atoms with van der Waals surface area (Å²) in [5.41, 5.74) is 1.10. The molecule has 21 heavy (non-hydrogen) atoms. The molecule has 112 valence electrons. The minimum Gasteiger partial charge on any atom is -0.463 e. The van der Waals surface area contributed by atoms with Crippen LogP contribution in [0.5, 0.6) is 0 Å². The Balaban J connectivity index is 2.29. The Labute approximate surface area is 128 Å². The van der Waals surface area contributed by atoms with Gasteiger partial charge in [0.1, 0.15) is 5.76 Å². The van der Waals surface area contributed by atoms with Gasteiger partial charge in [0.05, 0.1) is 13.2 Å². The van der Waals surface area contributed by atoms with E-state index in [1.807, 2.05) is 19.2 Å². The van der Waals surface area contributed by atoms with Crippen molar-refractivity contribution in [3.8, 4) is 0 Å². The summed E-state index contributed by atoms with van der Waals surface area (Å²) in [7, 11) is 1.34. The smallest absolute Gasteiger partial charge is 0.373 e. The highest BCUT2D eigenvalue weighted by atomic mass is 32.2. The lowest BCUT2D eigenvalue weighted by Crippen LogP contribution is -2.21. The Morgan fingerprint density at radius 1 is 1.29 bits per heavy atom. The number of esters is 1. The Kier molecular flexibility index (Phi) is 5.47. The molecule has 1 heterocycles. The number of hydrogen-bond donors (Lipinski definition) is 1. The molecule has 1 aromatic carbocycles. The maximum atomic E-state index is 11.5. The van der Waals surface area contributed by atoms with Crippen molar-refractivity contribution in [2.45, 2.75) is 17.9 Å². The fraction of sp³-hybridized carbons (Fsp3) is 0.312. The molecular formula is C16H19NO3S. The van der Waals surface area contributed by atoms with E-state index in [0.29, 0.717) is 5.76 Å². The molecule has 4 nitrogen and oxygen atoms in total. The number of hydrogen-bond acceptors (Lipinski definition) is 5. The van der Waals surface area contributed by atoms with E-state index >= 15 is 0 Å². The van der Waals surface area contributed by atoms with E-state index in [0.717, 1.165) is 12.1 Å². The average molecular weight is 305 g/mol. The Bertz CT molecular complexity index is 592. The molecule has 0 spiro atoms. The van der Waals surface area contributed by atoms with Crippen LogP contribution in [0.3, 0.4) is 0 Å². The topological polar surface area (TPSA) is 51.5 Å². The minimum atomic E-state index is -0.464. The third-order valence-corrected chi connectivity index (χ3v) is 3.90. The number of benzene rings is 1. The molecular weight excluding hydrogens is 286 g/mol. The third-order valence-electron chi connectivity index (χ3n) is 3.16. The zero-order valence-corrected chi connectivity index (χ0v) is 13.2. The van der Waals surface area contributed by atoms with E-state index in [-0.39, 0.29) is 11.8 Å². The van der Waals surface area contributed by atoms with Crippen LogP contribution >= 0.6 is 11.8 Å². The quantitative estimate of drug-likeness (QED) is 0.654. The highest BCUT2D eigenvalue weighted by Crippen LogP contribution is 2.26. The van der Waals surface area contributed by atoms with E-state index in [2.05, 4.69) is 34.3 Å². The van der Waals surface area contributed by atoms with Crippen LogP contribution in [0.25, 0.3) is 0 Å². The maximum absolute atomic E-state index is 11.5. The Hall–Kier alpha value is -1.72. The molecule has 0 aliphatic carbocycles. The molecule has 0 saturated heterocycles. The van der Waals surface area contributed by atoms with E-state index in [4.69, 9.17) is 4.42 Å². The minimum absolute atomic E-state index is 0.0793. The Morgan fingerprint density at radius 2 is 2.00 bits per heavy atom. The van der Waals surface area contributed by atoms with Crippen molar-refractivity contribution in [1.82, 2.24) is 5.32 Å². The van der Waals surface area contributed by atoms with Crippen LogP contribution < -0.4 is 5.32 Å². The van der Waals surface area contributed by atoms with E-state index in [1.54, 1.807) is 17.8 Å². The van der Waals surface area contributed by atoms with Gasteiger partial charge in [0.2, 0.25) is 5.76 Å². The predicted molar refractivity (Wildman–Crippen MR) is 83.8 cm³/mol. The van der Waals surface area contributed by atoms with Crippen molar-refractivity contribution in [3.63, 3.8) is 0 Å². The molecule has 0 aliphatic rings. The summed E-state index contributed by atoms with van der Waals surface area (Å²) >= 11 is 1.70. The molecule has 0 bridgehead atoms. The lowest BCUT2D eigenvalue weighted by molar-refractivity contribution is 0.0562. The van der Waals surface area contributed by atoms with E-state index in [9.17, 15) is 4.79 Å². The average Bonchev–Trinajstić information content (AvgIpc) is 3.01. The first-order chi connectivity index (χ1) is 10.2. The van der Waals surface area contributed by atoms with Gasteiger partial charge in [-0.25, -0.2) is 4.79 Å². The van der Waals surface area contributed by atoms with E-state index in [1.165, 1.54) is 12.0 Å². The molecule has 0 fully saturated rings. The van der Waals surface area contributed by atoms with Gasteiger partial charge in [-0.1, -0.05) is 19.1 Å². The number of ether oxygens (including phenoxy) is 1. The standard InChI is InChI=1S/C16H19NO3S/c1-4-17-15(11-5-7-12(21-3)8-6-11)13-9-10-14(20-13)16(18)19-2/h5-10,15,17H,4H2,1-3H3. The molecule has 2 aromatic rings. The van der Waals surface area contributed by atoms with Crippen LogP contribution in [0, 0.1) is 0 Å². The third kappa shape index (κ3) is 3.68. The van der Waals surface area contributed by atoms with Gasteiger partial charge in [0, 0.05) is 4.90 Å². The van der Waals surface area contributed by atoms with Crippen molar-refractivity contribution < 1.29 is 13.9 Å². The number of methoxy groups -OCH3 is 1. The molecule has 0 aliphatic heterocycles. The van der Waals surface area contributed by atoms with Gasteiger partial charge in [-0.2, -0.15) is 0 Å². The summed E-state index contributed by atoms with van der Waals surface area (Å²) in [6, 6.07) is 11.7. The number of furan rings is 1. The molecule has 0 saturated carbocycles. The van der Waals surface area contributed by atoms with Crippen LogP contribution in [0.15, 0.2) is 45.7 Å². The van der Waals surface area contributed by atoms with Gasteiger partial charge >= 0.3 is 5.97 Å². The number of carbonyl (C=O) groups excluding carboxylic acids is 1. The molecule has 1 atom stereocenters. The van der Waals surface area contributed by atoms with Crippen LogP contribution in [0.1, 0.15) is 34.8 Å². The van der Waals surface area contributed by atoms with Gasteiger partial charge in [-0.3, -0.25) is 0 Å². The molecule has 0 radical (unpaired) electrons. The first-order valence-electron chi connectivity index (χ1n) is 6.75. The fourth-order valence-electron chi connectivity index (χ4n) is 2.10. The molecule has 2 rings (SSSR count). The van der Waals surface area contributed by atoms with Crippen molar-refractivity contribution in [1.29, 1.82) is 0 Å². The van der Waals surface area contributed by atoms with Gasteiger partial charge in [-0.05, 0) is 42.6 Å². The lowest BCUT2D eigenvalue weighted by Gasteiger charge is -2.16. The molecule has 1 aromatic heterocycles. The zero-order chi connectivity index (χ0) is 15.2. The highest BCUT2D eigenvalue weighted by molar-refractivity contribution is 7.98. The highest BCUT2D eigenvalue weighted by Gasteiger charge is 2.19. The number of rotatable bonds is 6. The first-order valence-corrected chi connectivity index (χ1v) is 7.97. The molecule has 1 N–H and O–H groups in total. The lowest BCUT2D eigenvalue weighted by atomic mass is 10.0. The van der Waals surface area contributed by atoms with Gasteiger partial charge in [-0.15, -0.1) is 11.8 Å². The summed E-state index contributed by atoms with van der Waals surface area (Å²) in [5.74, 6) is 0.458. The molecule has 1 unspecified atom stereocenters. The Morgan fingerprint density at radius 3 is 2.57 bits per heavy atom. The van der Waals surface area contributed by atoms with Gasteiger partial charge in [0.25, 0.3) is 0 Å². The SMILES string of the molecule is CCNC(c1ccc(SC)cc1)c1ccc(C(=O)OC)o1. The summed E-state index contributed by atoms with van der Waals surface area (Å²) in [5, 5.41) is 3.37. The predicted octanol–water partition coefficient (Wildman–Crippen LogP) is 3.49. The van der Waals surface area contributed by atoms with Crippen molar-refractivity contribution in [3.05, 3.63) is 53.5 Å². The van der Waals surface area contributed by atoms with Gasteiger partial charge < -0.3 is 14.5 Å². The summed E-state index contributed by atoms with van der Waals surface area (Å²) in [6.45, 7) is 2.83. The first kappa shape index (κ1) is 15.7. The second-order valence-corrected chi connectivity index (χ2v) is 5.34. The van der Waals surface area contributed by atoms with Crippen molar-refractivity contribution in [2.24, 2.45) is 0 Å². The molecule has 0 amide bonds. The number of thioether (sulfide) groups is 1. The summed E-state index contributed by atoms with van der Waals surface area (Å²) in [4.78, 5) is 12.7. The second kappa shape index (κ2) is 7.33. The summed E-state index contributed by atoms with van der Waals surface area (Å²) in [6.07, 6.45) is 2.05. The number of nitrogens with one attached hydrogen (secondary N) is 1. The van der Waals surface area contributed by atoms with Gasteiger partial charge in [0.15, 0.2) is 0 Å². The number of carbonyl (C=O) groups is 1. The molecule has 5 heteroatoms. The van der Waals surface area contributed by atoms with Crippen LogP contribution in [0.4, 0.5) is 0 Å². The largest absolute Gasteiger partial charge is 0.463 e. The van der Waals surface area contributed by atoms with Crippen molar-refractivity contribution in [2.75, 3.05) is 19.9 Å². The van der Waals surface area contributed by atoms with Crippen molar-refractivity contribution >= 4 is 17.7 Å². The van der Waals surface area contributed by atoms with Crippen LogP contribution in [0.2, 0.25) is 0 Å².